The second kappa shape index (κ2) is 12.8. The number of rotatable bonds is 5. The van der Waals surface area contributed by atoms with Crippen LogP contribution in [0.1, 0.15) is 44.1 Å². The molecule has 200 valence electrons. The number of esters is 3. The minimum Gasteiger partial charge on any atom is -0.493 e. The van der Waals surface area contributed by atoms with Crippen LogP contribution in [-0.4, -0.2) is 58.6 Å². The third kappa shape index (κ3) is 7.26. The molecule has 0 aromatic heterocycles. The Morgan fingerprint density at radius 1 is 0.703 bits per heavy atom. The Balaban J connectivity index is 2.24. The highest BCUT2D eigenvalue weighted by Crippen LogP contribution is 2.45. The number of carbonyl (C=O) groups is 3. The van der Waals surface area contributed by atoms with Gasteiger partial charge in [-0.15, -0.1) is 0 Å². The van der Waals surface area contributed by atoms with Gasteiger partial charge in [0.05, 0.1) is 27.4 Å². The topological polar surface area (TPSA) is 125 Å². The van der Waals surface area contributed by atoms with Crippen LogP contribution in [0.25, 0.3) is 0 Å². The monoisotopic (exact) mass is 518 g/mol. The highest BCUT2D eigenvalue weighted by Gasteiger charge is 2.33. The normalized spacial score (nSPS) is 17.5. The lowest BCUT2D eigenvalue weighted by molar-refractivity contribution is -0.166. The largest absolute Gasteiger partial charge is 0.493 e. The van der Waals surface area contributed by atoms with Crippen molar-refractivity contribution in [3.05, 3.63) is 41.5 Å². The zero-order valence-electron chi connectivity index (χ0n) is 21.4. The molecule has 0 fully saturated rings. The molecule has 0 N–H and O–H groups in total. The second-order valence-electron chi connectivity index (χ2n) is 7.92. The average molecular weight is 519 g/mol. The predicted octanol–water partition coefficient (Wildman–Crippen LogP) is 3.33. The molecule has 4 aliphatic rings. The van der Waals surface area contributed by atoms with Gasteiger partial charge in [0.2, 0.25) is 5.75 Å². The molecule has 4 aliphatic heterocycles. The van der Waals surface area contributed by atoms with Crippen LogP contribution >= 0.6 is 0 Å². The molecule has 0 saturated carbocycles. The summed E-state index contributed by atoms with van der Waals surface area (Å²) in [6, 6.07) is 7.89. The zero-order valence-corrected chi connectivity index (χ0v) is 21.4. The summed E-state index contributed by atoms with van der Waals surface area (Å²) in [5, 5.41) is 0. The van der Waals surface area contributed by atoms with Crippen LogP contribution in [0.2, 0.25) is 0 Å². The molecular formula is C26H30O11. The van der Waals surface area contributed by atoms with E-state index in [0.29, 0.717) is 28.4 Å². The summed E-state index contributed by atoms with van der Waals surface area (Å²) in [6.07, 6.45) is -2.26. The van der Waals surface area contributed by atoms with Gasteiger partial charge in [-0.25, -0.2) is 0 Å². The molecule has 37 heavy (non-hydrogen) atoms. The fourth-order valence-electron chi connectivity index (χ4n) is 3.74. The van der Waals surface area contributed by atoms with Crippen LogP contribution in [0.3, 0.4) is 0 Å². The summed E-state index contributed by atoms with van der Waals surface area (Å²) in [4.78, 5) is 36.1. The van der Waals surface area contributed by atoms with Crippen molar-refractivity contribution < 1.29 is 52.3 Å². The van der Waals surface area contributed by atoms with E-state index in [2.05, 4.69) is 0 Å². The molecule has 2 aromatic carbocycles. The quantitative estimate of drug-likeness (QED) is 0.427. The van der Waals surface area contributed by atoms with Crippen LogP contribution < -0.4 is 23.7 Å². The minimum absolute atomic E-state index is 0.0990. The average Bonchev–Trinajstić information content (AvgIpc) is 2.85. The Hall–Kier alpha value is -3.99. The van der Waals surface area contributed by atoms with Gasteiger partial charge in [0.1, 0.15) is 13.2 Å². The number of hydrogen-bond acceptors (Lipinski definition) is 11. The first-order valence-electron chi connectivity index (χ1n) is 11.5. The molecule has 11 nitrogen and oxygen atoms in total. The molecule has 0 spiro atoms. The van der Waals surface area contributed by atoms with Crippen molar-refractivity contribution in [1.29, 1.82) is 0 Å². The van der Waals surface area contributed by atoms with Crippen molar-refractivity contribution in [1.82, 2.24) is 0 Å². The molecule has 0 saturated heterocycles. The Morgan fingerprint density at radius 2 is 1.24 bits per heavy atom. The Bertz CT molecular complexity index is 1100. The van der Waals surface area contributed by atoms with Crippen LogP contribution in [-0.2, 0) is 28.6 Å². The van der Waals surface area contributed by atoms with E-state index in [1.807, 2.05) is 0 Å². The SMILES string of the molecule is COc1cc2cc(OC)c1OCCOCCOc1ccc(cc1OC(C)=O)[C@@H](OC(C)=O)[C@H]2OC(C)=O. The third-order valence-electron chi connectivity index (χ3n) is 5.18. The van der Waals surface area contributed by atoms with Gasteiger partial charge in [-0.1, -0.05) is 6.07 Å². The molecule has 0 unspecified atom stereocenters. The van der Waals surface area contributed by atoms with Gasteiger partial charge in [-0.3, -0.25) is 14.4 Å². The van der Waals surface area contributed by atoms with Crippen molar-refractivity contribution in [3.8, 4) is 28.7 Å². The lowest BCUT2D eigenvalue weighted by atomic mass is 9.96. The van der Waals surface area contributed by atoms with E-state index in [9.17, 15) is 14.4 Å². The first kappa shape index (κ1) is 27.6. The van der Waals surface area contributed by atoms with Gasteiger partial charge in [-0.2, -0.15) is 0 Å². The summed E-state index contributed by atoms with van der Waals surface area (Å²) in [5.41, 5.74) is 0.779. The molecule has 2 aromatic rings. The van der Waals surface area contributed by atoms with Crippen molar-refractivity contribution >= 4 is 17.9 Å². The Morgan fingerprint density at radius 3 is 1.78 bits per heavy atom. The standard InChI is InChI=1S/C26H30O11/c1-15(27)35-21-12-18-6-7-20(21)33-10-8-32-9-11-34-26-22(30-4)13-19(14-23(26)31-5)25(37-17(3)29)24(18)36-16(2)28/h6-7,12-14,24-25H,8-11H2,1-5H3/t24-,25+/m1/s1. The molecule has 2 atom stereocenters. The number of hydrogen-bond donors (Lipinski definition) is 0. The van der Waals surface area contributed by atoms with E-state index < -0.39 is 30.1 Å². The predicted molar refractivity (Wildman–Crippen MR) is 128 cm³/mol. The number of ether oxygens (including phenoxy) is 8. The van der Waals surface area contributed by atoms with Crippen molar-refractivity contribution in [2.45, 2.75) is 33.0 Å². The molecule has 0 radical (unpaired) electrons. The summed E-state index contributed by atoms with van der Waals surface area (Å²) in [5.74, 6) is -0.519. The first-order chi connectivity index (χ1) is 17.7. The zero-order chi connectivity index (χ0) is 26.9. The minimum atomic E-state index is -1.13. The highest BCUT2D eigenvalue weighted by atomic mass is 16.6. The molecule has 0 amide bonds. The van der Waals surface area contributed by atoms with E-state index in [1.165, 1.54) is 41.1 Å². The highest BCUT2D eigenvalue weighted by molar-refractivity contribution is 5.71. The maximum atomic E-state index is 12.2. The van der Waals surface area contributed by atoms with E-state index in [4.69, 9.17) is 37.9 Å². The van der Waals surface area contributed by atoms with E-state index >= 15 is 0 Å². The molecule has 4 heterocycles. The third-order valence-corrected chi connectivity index (χ3v) is 5.18. The van der Waals surface area contributed by atoms with Gasteiger partial charge in [0.25, 0.3) is 0 Å². The Kier molecular flexibility index (Phi) is 9.56. The van der Waals surface area contributed by atoms with Crippen LogP contribution in [0.5, 0.6) is 28.7 Å². The van der Waals surface area contributed by atoms with Crippen molar-refractivity contribution in [3.63, 3.8) is 0 Å². The van der Waals surface area contributed by atoms with Crippen LogP contribution in [0.4, 0.5) is 0 Å². The fourth-order valence-corrected chi connectivity index (χ4v) is 3.74. The van der Waals surface area contributed by atoms with Crippen LogP contribution in [0, 0.1) is 0 Å². The van der Waals surface area contributed by atoms with Gasteiger partial charge >= 0.3 is 17.9 Å². The molecule has 4 bridgehead atoms. The summed E-state index contributed by atoms with van der Waals surface area (Å²) >= 11 is 0. The van der Waals surface area contributed by atoms with Crippen molar-refractivity contribution in [2.24, 2.45) is 0 Å². The maximum Gasteiger partial charge on any atom is 0.308 e. The van der Waals surface area contributed by atoms with Crippen molar-refractivity contribution in [2.75, 3.05) is 40.6 Å². The molecule has 11 heteroatoms. The fraction of sp³-hybridized carbons (Fsp3) is 0.423. The summed E-state index contributed by atoms with van der Waals surface area (Å²) < 4.78 is 44.9. The van der Waals surface area contributed by atoms with E-state index in [0.717, 1.165) is 0 Å². The van der Waals surface area contributed by atoms with E-state index in [-0.39, 0.29) is 37.9 Å². The summed E-state index contributed by atoms with van der Waals surface area (Å²) in [7, 11) is 2.91. The second-order valence-corrected chi connectivity index (χ2v) is 7.92. The van der Waals surface area contributed by atoms with Crippen LogP contribution in [0.15, 0.2) is 30.3 Å². The number of carbonyl (C=O) groups excluding carboxylic acids is 3. The van der Waals surface area contributed by atoms with Gasteiger partial charge < -0.3 is 37.9 Å². The lowest BCUT2D eigenvalue weighted by Gasteiger charge is -2.28. The summed E-state index contributed by atoms with van der Waals surface area (Å²) in [6.45, 7) is 4.55. The molecule has 0 aliphatic carbocycles. The number of benzene rings is 2. The van der Waals surface area contributed by atoms with Gasteiger partial charge in [-0.05, 0) is 24.3 Å². The Labute approximate surface area is 214 Å². The van der Waals surface area contributed by atoms with Gasteiger partial charge in [0, 0.05) is 31.9 Å². The van der Waals surface area contributed by atoms with Gasteiger partial charge in [0.15, 0.2) is 35.2 Å². The molecular weight excluding hydrogens is 488 g/mol. The first-order valence-corrected chi connectivity index (χ1v) is 11.5. The maximum absolute atomic E-state index is 12.2. The van der Waals surface area contributed by atoms with E-state index in [1.54, 1.807) is 24.3 Å². The lowest BCUT2D eigenvalue weighted by Crippen LogP contribution is -2.22. The molecule has 6 rings (SSSR count). The smallest absolute Gasteiger partial charge is 0.308 e. The number of methoxy groups -OCH3 is 2.